The summed E-state index contributed by atoms with van der Waals surface area (Å²) in [5.74, 6) is 0. The van der Waals surface area contributed by atoms with Crippen LogP contribution in [0.1, 0.15) is 0 Å². The molecule has 0 bridgehead atoms. The molecular weight excluding hydrogens is 280 g/mol. The normalized spacial score (nSPS) is 11.5. The fourth-order valence-electron chi connectivity index (χ4n) is 3.48. The van der Waals surface area contributed by atoms with E-state index >= 15 is 0 Å². The van der Waals surface area contributed by atoms with E-state index in [1.54, 1.807) is 0 Å². The Bertz CT molecular complexity index is 1150. The minimum Gasteiger partial charge on any atom is -0.354 e. The first-order valence-electron chi connectivity index (χ1n) is 7.74. The molecule has 108 valence electrons. The van der Waals surface area contributed by atoms with Crippen molar-refractivity contribution in [1.29, 1.82) is 0 Å². The standard InChI is InChI=1S/C21H14N2/c1-2-9-18-17(7-1)21-19(23-18)11-10-14-5-3-8-16(20(14)21)15-6-4-12-22-13-15/h1-13,23H. The molecule has 0 spiro atoms. The highest BCUT2D eigenvalue weighted by Gasteiger charge is 2.12. The van der Waals surface area contributed by atoms with Gasteiger partial charge in [0.25, 0.3) is 0 Å². The van der Waals surface area contributed by atoms with E-state index in [2.05, 4.69) is 70.6 Å². The lowest BCUT2D eigenvalue weighted by atomic mass is 9.95. The topological polar surface area (TPSA) is 28.7 Å². The number of para-hydroxylation sites is 1. The number of hydrogen-bond acceptors (Lipinski definition) is 1. The molecule has 2 nitrogen and oxygen atoms in total. The lowest BCUT2D eigenvalue weighted by Gasteiger charge is -2.08. The summed E-state index contributed by atoms with van der Waals surface area (Å²) >= 11 is 0. The third-order valence-corrected chi connectivity index (χ3v) is 4.48. The summed E-state index contributed by atoms with van der Waals surface area (Å²) in [5, 5.41) is 5.10. The van der Waals surface area contributed by atoms with Crippen LogP contribution in [0.3, 0.4) is 0 Å². The first kappa shape index (κ1) is 12.4. The highest BCUT2D eigenvalue weighted by molar-refractivity contribution is 6.23. The maximum Gasteiger partial charge on any atom is 0.0471 e. The summed E-state index contributed by atoms with van der Waals surface area (Å²) in [6, 6.07) is 23.4. The summed E-state index contributed by atoms with van der Waals surface area (Å²) < 4.78 is 0. The Morgan fingerprint density at radius 3 is 2.57 bits per heavy atom. The molecule has 0 atom stereocenters. The number of hydrogen-bond donors (Lipinski definition) is 1. The second kappa shape index (κ2) is 4.68. The molecule has 5 aromatic rings. The molecule has 2 aromatic heterocycles. The van der Waals surface area contributed by atoms with Crippen molar-refractivity contribution in [1.82, 2.24) is 9.97 Å². The Kier molecular flexibility index (Phi) is 2.53. The fourth-order valence-corrected chi connectivity index (χ4v) is 3.48. The molecule has 23 heavy (non-hydrogen) atoms. The van der Waals surface area contributed by atoms with Gasteiger partial charge in [0.2, 0.25) is 0 Å². The molecule has 0 aliphatic rings. The summed E-state index contributed by atoms with van der Waals surface area (Å²) in [6.07, 6.45) is 3.75. The lowest BCUT2D eigenvalue weighted by Crippen LogP contribution is -1.83. The largest absolute Gasteiger partial charge is 0.354 e. The maximum atomic E-state index is 4.29. The van der Waals surface area contributed by atoms with Crippen molar-refractivity contribution in [3.63, 3.8) is 0 Å². The molecule has 0 amide bonds. The van der Waals surface area contributed by atoms with E-state index in [-0.39, 0.29) is 0 Å². The Morgan fingerprint density at radius 2 is 1.65 bits per heavy atom. The first-order chi connectivity index (χ1) is 11.4. The Labute approximate surface area is 133 Å². The van der Waals surface area contributed by atoms with Gasteiger partial charge in [-0.1, -0.05) is 48.5 Å². The van der Waals surface area contributed by atoms with Gasteiger partial charge >= 0.3 is 0 Å². The minimum atomic E-state index is 1.15. The van der Waals surface area contributed by atoms with Crippen molar-refractivity contribution in [3.8, 4) is 11.1 Å². The summed E-state index contributed by atoms with van der Waals surface area (Å²) in [4.78, 5) is 7.82. The Balaban J connectivity index is 2.04. The number of aromatic amines is 1. The molecule has 0 saturated carbocycles. The number of fused-ring (bicyclic) bond motifs is 5. The van der Waals surface area contributed by atoms with E-state index in [0.29, 0.717) is 0 Å². The average molecular weight is 294 g/mol. The molecule has 1 N–H and O–H groups in total. The number of nitrogens with zero attached hydrogens (tertiary/aromatic N) is 1. The molecule has 2 heteroatoms. The van der Waals surface area contributed by atoms with Crippen LogP contribution in [0.4, 0.5) is 0 Å². The van der Waals surface area contributed by atoms with Crippen LogP contribution in [-0.2, 0) is 0 Å². The van der Waals surface area contributed by atoms with Crippen LogP contribution in [0.2, 0.25) is 0 Å². The number of aromatic nitrogens is 2. The zero-order chi connectivity index (χ0) is 15.2. The number of benzene rings is 3. The summed E-state index contributed by atoms with van der Waals surface area (Å²) in [5.41, 5.74) is 4.73. The molecule has 2 heterocycles. The summed E-state index contributed by atoms with van der Waals surface area (Å²) in [6.45, 7) is 0. The molecule has 0 saturated heterocycles. The van der Waals surface area contributed by atoms with Gasteiger partial charge in [-0.2, -0.15) is 0 Å². The molecule has 5 rings (SSSR count). The number of nitrogens with one attached hydrogen (secondary N) is 1. The third-order valence-electron chi connectivity index (χ3n) is 4.48. The van der Waals surface area contributed by atoms with E-state index in [4.69, 9.17) is 0 Å². The van der Waals surface area contributed by atoms with E-state index in [9.17, 15) is 0 Å². The molecule has 3 aromatic carbocycles. The molecule has 0 radical (unpaired) electrons. The third kappa shape index (κ3) is 1.78. The Morgan fingerprint density at radius 1 is 0.696 bits per heavy atom. The second-order valence-corrected chi connectivity index (χ2v) is 5.80. The Hall–Kier alpha value is -3.13. The predicted octanol–water partition coefficient (Wildman–Crippen LogP) is 5.54. The van der Waals surface area contributed by atoms with Crippen molar-refractivity contribution in [3.05, 3.63) is 79.1 Å². The van der Waals surface area contributed by atoms with Gasteiger partial charge < -0.3 is 4.98 Å². The molecule has 0 unspecified atom stereocenters. The van der Waals surface area contributed by atoms with Gasteiger partial charge in [-0.05, 0) is 34.5 Å². The zero-order valence-corrected chi connectivity index (χ0v) is 12.5. The fraction of sp³-hybridized carbons (Fsp3) is 0. The lowest BCUT2D eigenvalue weighted by molar-refractivity contribution is 1.33. The van der Waals surface area contributed by atoms with Crippen LogP contribution < -0.4 is 0 Å². The maximum absolute atomic E-state index is 4.29. The highest BCUT2D eigenvalue weighted by Crippen LogP contribution is 2.37. The minimum absolute atomic E-state index is 1.15. The number of pyridine rings is 1. The van der Waals surface area contributed by atoms with Crippen LogP contribution in [-0.4, -0.2) is 9.97 Å². The molecular formula is C21H14N2. The number of rotatable bonds is 1. The van der Waals surface area contributed by atoms with E-state index in [1.165, 1.54) is 38.1 Å². The van der Waals surface area contributed by atoms with Gasteiger partial charge in [0.05, 0.1) is 0 Å². The SMILES string of the molecule is c1cncc(-c2cccc3ccc4[nH]c5ccccc5c4c23)c1. The van der Waals surface area contributed by atoms with Crippen molar-refractivity contribution in [2.24, 2.45) is 0 Å². The van der Waals surface area contributed by atoms with Crippen LogP contribution in [0.15, 0.2) is 79.1 Å². The molecule has 0 aliphatic carbocycles. The van der Waals surface area contributed by atoms with Crippen molar-refractivity contribution in [2.75, 3.05) is 0 Å². The van der Waals surface area contributed by atoms with Crippen molar-refractivity contribution < 1.29 is 0 Å². The smallest absolute Gasteiger partial charge is 0.0471 e. The van der Waals surface area contributed by atoms with Gasteiger partial charge in [-0.25, -0.2) is 0 Å². The van der Waals surface area contributed by atoms with Crippen molar-refractivity contribution in [2.45, 2.75) is 0 Å². The predicted molar refractivity (Wildman–Crippen MR) is 96.5 cm³/mol. The summed E-state index contributed by atoms with van der Waals surface area (Å²) in [7, 11) is 0. The quantitative estimate of drug-likeness (QED) is 0.432. The van der Waals surface area contributed by atoms with Gasteiger partial charge in [0.15, 0.2) is 0 Å². The van der Waals surface area contributed by atoms with Gasteiger partial charge in [-0.3, -0.25) is 4.98 Å². The van der Waals surface area contributed by atoms with E-state index in [0.717, 1.165) is 5.56 Å². The second-order valence-electron chi connectivity index (χ2n) is 5.80. The number of H-pyrrole nitrogens is 1. The first-order valence-corrected chi connectivity index (χ1v) is 7.74. The average Bonchev–Trinajstić information content (AvgIpc) is 3.01. The van der Waals surface area contributed by atoms with Crippen LogP contribution >= 0.6 is 0 Å². The van der Waals surface area contributed by atoms with Gasteiger partial charge in [0, 0.05) is 39.8 Å². The monoisotopic (exact) mass is 294 g/mol. The molecule has 0 aliphatic heterocycles. The van der Waals surface area contributed by atoms with Gasteiger partial charge in [-0.15, -0.1) is 0 Å². The van der Waals surface area contributed by atoms with Crippen LogP contribution in [0, 0.1) is 0 Å². The highest BCUT2D eigenvalue weighted by atomic mass is 14.7. The molecule has 0 fully saturated rings. The zero-order valence-electron chi connectivity index (χ0n) is 12.5. The van der Waals surface area contributed by atoms with Crippen molar-refractivity contribution >= 4 is 32.6 Å². The van der Waals surface area contributed by atoms with Gasteiger partial charge in [0.1, 0.15) is 0 Å². The van der Waals surface area contributed by atoms with Crippen LogP contribution in [0.25, 0.3) is 43.7 Å². The van der Waals surface area contributed by atoms with E-state index in [1.807, 2.05) is 18.5 Å². The van der Waals surface area contributed by atoms with E-state index < -0.39 is 0 Å². The van der Waals surface area contributed by atoms with Crippen LogP contribution in [0.5, 0.6) is 0 Å².